The number of carbonyl (C=O) groups excluding carboxylic acids is 1. The zero-order valence-corrected chi connectivity index (χ0v) is 12.9. The van der Waals surface area contributed by atoms with Gasteiger partial charge in [-0.2, -0.15) is 0 Å². The van der Waals surface area contributed by atoms with Gasteiger partial charge < -0.3 is 15.0 Å². The minimum atomic E-state index is -0.00287. The number of hydrogen-bond donors (Lipinski definition) is 1. The molecule has 0 aliphatic carbocycles. The van der Waals surface area contributed by atoms with Crippen LogP contribution in [0.5, 0.6) is 0 Å². The van der Waals surface area contributed by atoms with E-state index in [9.17, 15) is 4.79 Å². The number of nitrogens with zero attached hydrogens (tertiary/aromatic N) is 1. The predicted molar refractivity (Wildman–Crippen MR) is 78.6 cm³/mol. The van der Waals surface area contributed by atoms with E-state index in [-0.39, 0.29) is 24.3 Å². The molecular formula is C14H27ClN2O2. The Morgan fingerprint density at radius 1 is 1.53 bits per heavy atom. The number of nitrogens with one attached hydrogen (secondary N) is 1. The highest BCUT2D eigenvalue weighted by Gasteiger charge is 2.34. The van der Waals surface area contributed by atoms with E-state index in [0.717, 1.165) is 45.6 Å². The van der Waals surface area contributed by atoms with Gasteiger partial charge in [-0.05, 0) is 44.7 Å². The highest BCUT2D eigenvalue weighted by atomic mass is 35.5. The number of halogens is 1. The first-order valence-electron chi connectivity index (χ1n) is 7.23. The van der Waals surface area contributed by atoms with Crippen molar-refractivity contribution in [3.05, 3.63) is 0 Å². The Bertz CT molecular complexity index is 293. The maximum atomic E-state index is 11.8. The molecule has 0 aromatic carbocycles. The molecule has 2 unspecified atom stereocenters. The summed E-state index contributed by atoms with van der Waals surface area (Å²) < 4.78 is 5.15. The zero-order chi connectivity index (χ0) is 13.0. The second-order valence-corrected chi connectivity index (χ2v) is 6.06. The summed E-state index contributed by atoms with van der Waals surface area (Å²) in [7, 11) is 0. The highest BCUT2D eigenvalue weighted by molar-refractivity contribution is 5.85. The van der Waals surface area contributed by atoms with Crippen molar-refractivity contribution in [2.45, 2.75) is 33.1 Å². The lowest BCUT2D eigenvalue weighted by Crippen LogP contribution is -2.45. The number of piperidine rings is 1. The van der Waals surface area contributed by atoms with Crippen LogP contribution in [0.1, 0.15) is 33.1 Å². The third kappa shape index (κ3) is 4.62. The monoisotopic (exact) mass is 290 g/mol. The maximum Gasteiger partial charge on any atom is 0.310 e. The molecule has 2 atom stereocenters. The minimum Gasteiger partial charge on any atom is -0.466 e. The molecule has 2 rings (SSSR count). The smallest absolute Gasteiger partial charge is 0.310 e. The van der Waals surface area contributed by atoms with Crippen molar-refractivity contribution in [3.63, 3.8) is 0 Å². The van der Waals surface area contributed by atoms with E-state index in [0.29, 0.717) is 12.0 Å². The largest absolute Gasteiger partial charge is 0.466 e. The molecule has 19 heavy (non-hydrogen) atoms. The SMILES string of the molecule is CCOC(=O)C1CCCN(CC2(C)CCNC2)C1.Cl. The van der Waals surface area contributed by atoms with Gasteiger partial charge >= 0.3 is 5.97 Å². The zero-order valence-electron chi connectivity index (χ0n) is 12.1. The van der Waals surface area contributed by atoms with E-state index in [1.807, 2.05) is 6.92 Å². The topological polar surface area (TPSA) is 41.6 Å². The lowest BCUT2D eigenvalue weighted by molar-refractivity contribution is -0.150. The third-order valence-electron chi connectivity index (χ3n) is 4.19. The van der Waals surface area contributed by atoms with Crippen molar-refractivity contribution >= 4 is 18.4 Å². The number of carbonyl (C=O) groups is 1. The lowest BCUT2D eigenvalue weighted by Gasteiger charge is -2.36. The Kier molecular flexibility index (Phi) is 6.57. The van der Waals surface area contributed by atoms with E-state index < -0.39 is 0 Å². The van der Waals surface area contributed by atoms with Crippen LogP contribution in [0.4, 0.5) is 0 Å². The first-order valence-corrected chi connectivity index (χ1v) is 7.23. The van der Waals surface area contributed by atoms with Crippen molar-refractivity contribution < 1.29 is 9.53 Å². The molecule has 112 valence electrons. The molecule has 2 aliphatic heterocycles. The average Bonchev–Trinajstić information content (AvgIpc) is 2.76. The van der Waals surface area contributed by atoms with Crippen LogP contribution in [0, 0.1) is 11.3 Å². The second kappa shape index (κ2) is 7.46. The van der Waals surface area contributed by atoms with Gasteiger partial charge in [0, 0.05) is 19.6 Å². The minimum absolute atomic E-state index is 0. The van der Waals surface area contributed by atoms with Gasteiger partial charge in [0.15, 0.2) is 0 Å². The molecule has 0 saturated carbocycles. The molecule has 4 nitrogen and oxygen atoms in total. The van der Waals surface area contributed by atoms with Gasteiger partial charge in [-0.15, -0.1) is 12.4 Å². The van der Waals surface area contributed by atoms with Crippen LogP contribution in [0.2, 0.25) is 0 Å². The highest BCUT2D eigenvalue weighted by Crippen LogP contribution is 2.28. The summed E-state index contributed by atoms with van der Waals surface area (Å²) in [4.78, 5) is 14.3. The number of likely N-dealkylation sites (tertiary alicyclic amines) is 1. The van der Waals surface area contributed by atoms with Crippen LogP contribution in [0.3, 0.4) is 0 Å². The normalized spacial score (nSPS) is 31.8. The molecule has 0 bridgehead atoms. The molecule has 5 heteroatoms. The molecule has 0 aromatic rings. The molecule has 2 saturated heterocycles. The Labute approximate surface area is 122 Å². The standard InChI is InChI=1S/C14H26N2O2.ClH/c1-3-18-13(17)12-5-4-8-16(9-12)11-14(2)6-7-15-10-14;/h12,15H,3-11H2,1-2H3;1H. The summed E-state index contributed by atoms with van der Waals surface area (Å²) in [6.07, 6.45) is 3.35. The average molecular weight is 291 g/mol. The molecular weight excluding hydrogens is 264 g/mol. The maximum absolute atomic E-state index is 11.8. The molecule has 0 aromatic heterocycles. The quantitative estimate of drug-likeness (QED) is 0.800. The fourth-order valence-corrected chi connectivity index (χ4v) is 3.20. The summed E-state index contributed by atoms with van der Waals surface area (Å²) in [6.45, 7) is 10.1. The Morgan fingerprint density at radius 2 is 2.32 bits per heavy atom. The second-order valence-electron chi connectivity index (χ2n) is 6.06. The van der Waals surface area contributed by atoms with E-state index in [1.54, 1.807) is 0 Å². The fourth-order valence-electron chi connectivity index (χ4n) is 3.20. The van der Waals surface area contributed by atoms with Gasteiger partial charge in [-0.3, -0.25) is 4.79 Å². The first kappa shape index (κ1) is 16.7. The van der Waals surface area contributed by atoms with Crippen LogP contribution >= 0.6 is 12.4 Å². The Morgan fingerprint density at radius 3 is 2.95 bits per heavy atom. The summed E-state index contributed by atoms with van der Waals surface area (Å²) in [5, 5.41) is 3.44. The van der Waals surface area contributed by atoms with Gasteiger partial charge in [0.2, 0.25) is 0 Å². The van der Waals surface area contributed by atoms with Crippen LogP contribution in [0.25, 0.3) is 0 Å². The van der Waals surface area contributed by atoms with Crippen molar-refractivity contribution in [1.82, 2.24) is 10.2 Å². The van der Waals surface area contributed by atoms with Crippen molar-refractivity contribution in [3.8, 4) is 0 Å². The van der Waals surface area contributed by atoms with Gasteiger partial charge in [0.1, 0.15) is 0 Å². The number of hydrogen-bond acceptors (Lipinski definition) is 4. The van der Waals surface area contributed by atoms with Gasteiger partial charge in [0.05, 0.1) is 12.5 Å². The molecule has 2 aliphatic rings. The number of rotatable bonds is 4. The molecule has 0 radical (unpaired) electrons. The summed E-state index contributed by atoms with van der Waals surface area (Å²) >= 11 is 0. The summed E-state index contributed by atoms with van der Waals surface area (Å²) in [5.41, 5.74) is 0.385. The Balaban J connectivity index is 0.00000180. The summed E-state index contributed by atoms with van der Waals surface area (Å²) in [5.74, 6) is 0.0913. The lowest BCUT2D eigenvalue weighted by atomic mass is 9.87. The van der Waals surface area contributed by atoms with E-state index in [4.69, 9.17) is 4.74 Å². The first-order chi connectivity index (χ1) is 8.63. The van der Waals surface area contributed by atoms with Crippen molar-refractivity contribution in [1.29, 1.82) is 0 Å². The van der Waals surface area contributed by atoms with Gasteiger partial charge in [-0.25, -0.2) is 0 Å². The predicted octanol–water partition coefficient (Wildman–Crippen LogP) is 1.68. The molecule has 0 amide bonds. The van der Waals surface area contributed by atoms with Gasteiger partial charge in [-0.1, -0.05) is 6.92 Å². The van der Waals surface area contributed by atoms with Crippen LogP contribution < -0.4 is 5.32 Å². The number of ether oxygens (including phenoxy) is 1. The fraction of sp³-hybridized carbons (Fsp3) is 0.929. The van der Waals surface area contributed by atoms with Crippen LogP contribution in [-0.2, 0) is 9.53 Å². The van der Waals surface area contributed by atoms with Crippen LogP contribution in [0.15, 0.2) is 0 Å². The summed E-state index contributed by atoms with van der Waals surface area (Å²) in [6, 6.07) is 0. The molecule has 1 N–H and O–H groups in total. The van der Waals surface area contributed by atoms with E-state index in [2.05, 4.69) is 17.1 Å². The number of esters is 1. The van der Waals surface area contributed by atoms with E-state index >= 15 is 0 Å². The van der Waals surface area contributed by atoms with Crippen molar-refractivity contribution in [2.24, 2.45) is 11.3 Å². The molecule has 0 spiro atoms. The van der Waals surface area contributed by atoms with Crippen molar-refractivity contribution in [2.75, 3.05) is 39.3 Å². The molecule has 2 heterocycles. The van der Waals surface area contributed by atoms with E-state index in [1.165, 1.54) is 6.42 Å². The van der Waals surface area contributed by atoms with Crippen LogP contribution in [-0.4, -0.2) is 50.2 Å². The Hall–Kier alpha value is -0.320. The third-order valence-corrected chi connectivity index (χ3v) is 4.19. The van der Waals surface area contributed by atoms with Gasteiger partial charge in [0.25, 0.3) is 0 Å². The molecule has 2 fully saturated rings.